The van der Waals surface area contributed by atoms with E-state index in [9.17, 15) is 13.2 Å². The summed E-state index contributed by atoms with van der Waals surface area (Å²) in [4.78, 5) is 0. The average Bonchev–Trinajstić information content (AvgIpc) is 2.52. The number of fused-ring (bicyclic) bond motifs is 1. The lowest BCUT2D eigenvalue weighted by Gasteiger charge is -2.26. The zero-order chi connectivity index (χ0) is 17.5. The van der Waals surface area contributed by atoms with Crippen LogP contribution in [0, 0.1) is 6.92 Å². The fraction of sp³-hybridized carbons (Fsp3) is 0.222. The quantitative estimate of drug-likeness (QED) is 0.692. The molecule has 0 saturated carbocycles. The van der Waals surface area contributed by atoms with E-state index in [1.165, 1.54) is 6.08 Å². The number of hydrogen-bond acceptors (Lipinski definition) is 2. The fourth-order valence-electron chi connectivity index (χ4n) is 2.66. The fourth-order valence-corrected chi connectivity index (χ4v) is 2.89. The van der Waals surface area contributed by atoms with Gasteiger partial charge in [-0.3, -0.25) is 0 Å². The second-order valence-corrected chi connectivity index (χ2v) is 5.93. The molecule has 1 heterocycles. The molecule has 2 aromatic carbocycles. The van der Waals surface area contributed by atoms with Gasteiger partial charge < -0.3 is 9.47 Å². The van der Waals surface area contributed by atoms with Crippen LogP contribution in [0.25, 0.3) is 17.2 Å². The van der Waals surface area contributed by atoms with Gasteiger partial charge >= 0.3 is 6.18 Å². The van der Waals surface area contributed by atoms with E-state index < -0.39 is 12.3 Å². The van der Waals surface area contributed by atoms with Crippen LogP contribution in [0.4, 0.5) is 13.2 Å². The van der Waals surface area contributed by atoms with Crippen LogP contribution >= 0.6 is 11.6 Å². The molecule has 126 valence electrons. The molecule has 0 spiro atoms. The number of ether oxygens (including phenoxy) is 2. The molecule has 2 nitrogen and oxygen atoms in total. The number of hydrogen-bond donors (Lipinski definition) is 0. The molecule has 0 N–H and O–H groups in total. The van der Waals surface area contributed by atoms with Gasteiger partial charge in [0.25, 0.3) is 0 Å². The van der Waals surface area contributed by atoms with E-state index in [-0.39, 0.29) is 5.75 Å². The first kappa shape index (κ1) is 16.7. The molecule has 0 amide bonds. The number of alkyl halides is 3. The van der Waals surface area contributed by atoms with Crippen molar-refractivity contribution in [3.05, 3.63) is 52.6 Å². The lowest BCUT2D eigenvalue weighted by Crippen LogP contribution is -2.34. The van der Waals surface area contributed by atoms with E-state index in [2.05, 4.69) is 0 Å². The molecule has 3 rings (SSSR count). The summed E-state index contributed by atoms with van der Waals surface area (Å²) in [6.07, 6.45) is -4.06. The summed E-state index contributed by atoms with van der Waals surface area (Å²) < 4.78 is 49.4. The minimum atomic E-state index is -4.47. The van der Waals surface area contributed by atoms with Crippen molar-refractivity contribution < 1.29 is 22.6 Å². The van der Waals surface area contributed by atoms with Crippen LogP contribution < -0.4 is 9.47 Å². The average molecular weight is 355 g/mol. The first-order chi connectivity index (χ1) is 11.3. The number of halogens is 4. The molecule has 6 heteroatoms. The van der Waals surface area contributed by atoms with Crippen molar-refractivity contribution in [3.63, 3.8) is 0 Å². The maximum Gasteiger partial charge on any atom is 0.429 e. The molecule has 1 atom stereocenters. The number of rotatable bonds is 2. The van der Waals surface area contributed by atoms with Crippen molar-refractivity contribution >= 4 is 17.7 Å². The summed E-state index contributed by atoms with van der Waals surface area (Å²) in [6.45, 7) is 1.86. The molecule has 0 bridgehead atoms. The Bertz CT molecular complexity index is 813. The summed E-state index contributed by atoms with van der Waals surface area (Å²) in [5.41, 5.74) is 2.61. The van der Waals surface area contributed by atoms with Gasteiger partial charge in [0.2, 0.25) is 6.10 Å². The van der Waals surface area contributed by atoms with E-state index in [0.717, 1.165) is 11.6 Å². The molecular weight excluding hydrogens is 341 g/mol. The number of methoxy groups -OCH3 is 1. The molecule has 0 aromatic heterocycles. The lowest BCUT2D eigenvalue weighted by atomic mass is 9.97. The van der Waals surface area contributed by atoms with Gasteiger partial charge in [-0.25, -0.2) is 0 Å². The van der Waals surface area contributed by atoms with Crippen molar-refractivity contribution in [1.29, 1.82) is 0 Å². The SMILES string of the molecule is COc1ccc(-c2cc(Cl)cc3c2O[C@@H](C(F)(F)F)C=C3)cc1C. The van der Waals surface area contributed by atoms with Crippen molar-refractivity contribution in [2.45, 2.75) is 19.2 Å². The monoisotopic (exact) mass is 354 g/mol. The van der Waals surface area contributed by atoms with E-state index in [1.54, 1.807) is 31.4 Å². The van der Waals surface area contributed by atoms with Crippen LogP contribution in [0.3, 0.4) is 0 Å². The summed E-state index contributed by atoms with van der Waals surface area (Å²) in [5, 5.41) is 0.427. The molecular formula is C18H14ClF3O2. The van der Waals surface area contributed by atoms with E-state index in [4.69, 9.17) is 21.1 Å². The Balaban J connectivity index is 2.12. The Labute approximate surface area is 142 Å². The minimum Gasteiger partial charge on any atom is -0.496 e. The Hall–Kier alpha value is -2.14. The van der Waals surface area contributed by atoms with Crippen molar-refractivity contribution in [2.24, 2.45) is 0 Å². The summed E-state index contributed by atoms with van der Waals surface area (Å²) in [5.74, 6) is 0.873. The largest absolute Gasteiger partial charge is 0.496 e. The molecule has 0 unspecified atom stereocenters. The normalized spacial score (nSPS) is 16.5. The predicted octanol–water partition coefficient (Wildman–Crippen LogP) is 5.66. The molecule has 1 aliphatic rings. The minimum absolute atomic E-state index is 0.175. The van der Waals surface area contributed by atoms with Crippen LogP contribution in [0.15, 0.2) is 36.4 Å². The Morgan fingerprint density at radius 1 is 1.17 bits per heavy atom. The van der Waals surface area contributed by atoms with E-state index in [1.807, 2.05) is 13.0 Å². The summed E-state index contributed by atoms with van der Waals surface area (Å²) in [6, 6.07) is 8.54. The zero-order valence-corrected chi connectivity index (χ0v) is 13.7. The van der Waals surface area contributed by atoms with Gasteiger partial charge in [-0.05, 0) is 48.4 Å². The highest BCUT2D eigenvalue weighted by Crippen LogP contribution is 2.42. The molecule has 2 aromatic rings. The standard InChI is InChI=1S/C18H14ClF3O2/c1-10-7-11(3-5-15(10)23-2)14-9-13(19)8-12-4-6-16(18(20,21)22)24-17(12)14/h3-9,16H,1-2H3/t16-/m1/s1. The second-order valence-electron chi connectivity index (χ2n) is 5.50. The van der Waals surface area contributed by atoms with Gasteiger partial charge in [-0.2, -0.15) is 13.2 Å². The van der Waals surface area contributed by atoms with Crippen LogP contribution in [-0.2, 0) is 0 Å². The predicted molar refractivity (Wildman–Crippen MR) is 87.7 cm³/mol. The topological polar surface area (TPSA) is 18.5 Å². The van der Waals surface area contributed by atoms with Crippen molar-refractivity contribution in [2.75, 3.05) is 7.11 Å². The van der Waals surface area contributed by atoms with Crippen LogP contribution in [0.2, 0.25) is 5.02 Å². The second kappa shape index (κ2) is 6.06. The van der Waals surface area contributed by atoms with E-state index in [0.29, 0.717) is 27.5 Å². The van der Waals surface area contributed by atoms with Gasteiger partial charge in [0.1, 0.15) is 11.5 Å². The Kier molecular flexibility index (Phi) is 4.22. The maximum atomic E-state index is 13.0. The molecule has 0 radical (unpaired) electrons. The zero-order valence-electron chi connectivity index (χ0n) is 12.9. The molecule has 0 fully saturated rings. The third kappa shape index (κ3) is 3.08. The van der Waals surface area contributed by atoms with Crippen LogP contribution in [0.5, 0.6) is 11.5 Å². The lowest BCUT2D eigenvalue weighted by molar-refractivity contribution is -0.180. The van der Waals surface area contributed by atoms with Crippen molar-refractivity contribution in [1.82, 2.24) is 0 Å². The Morgan fingerprint density at radius 2 is 1.92 bits per heavy atom. The Morgan fingerprint density at radius 3 is 2.54 bits per heavy atom. The molecule has 0 saturated heterocycles. The van der Waals surface area contributed by atoms with Crippen LogP contribution in [0.1, 0.15) is 11.1 Å². The molecule has 1 aliphatic heterocycles. The first-order valence-corrected chi connectivity index (χ1v) is 7.57. The van der Waals surface area contributed by atoms with Gasteiger partial charge in [-0.15, -0.1) is 0 Å². The van der Waals surface area contributed by atoms with Gasteiger partial charge in [0.15, 0.2) is 0 Å². The highest BCUT2D eigenvalue weighted by atomic mass is 35.5. The molecule has 0 aliphatic carbocycles. The highest BCUT2D eigenvalue weighted by Gasteiger charge is 2.42. The van der Waals surface area contributed by atoms with Gasteiger partial charge in [-0.1, -0.05) is 23.7 Å². The van der Waals surface area contributed by atoms with Gasteiger partial charge in [0.05, 0.1) is 7.11 Å². The van der Waals surface area contributed by atoms with Gasteiger partial charge in [0, 0.05) is 16.1 Å². The smallest absolute Gasteiger partial charge is 0.429 e. The molecule has 24 heavy (non-hydrogen) atoms. The maximum absolute atomic E-state index is 13.0. The van der Waals surface area contributed by atoms with Crippen molar-refractivity contribution in [3.8, 4) is 22.6 Å². The summed E-state index contributed by atoms with van der Waals surface area (Å²) >= 11 is 6.12. The van der Waals surface area contributed by atoms with Crippen LogP contribution in [-0.4, -0.2) is 19.4 Å². The number of aryl methyl sites for hydroxylation is 1. The summed E-state index contributed by atoms with van der Waals surface area (Å²) in [7, 11) is 1.56. The number of benzene rings is 2. The third-order valence-corrected chi connectivity index (χ3v) is 4.02. The highest BCUT2D eigenvalue weighted by molar-refractivity contribution is 6.31. The van der Waals surface area contributed by atoms with E-state index >= 15 is 0 Å². The first-order valence-electron chi connectivity index (χ1n) is 7.19. The third-order valence-electron chi connectivity index (χ3n) is 3.81.